The number of imidazole rings is 1. The van der Waals surface area contributed by atoms with Gasteiger partial charge in [-0.05, 0) is 26.5 Å². The maximum absolute atomic E-state index is 4.54. The van der Waals surface area contributed by atoms with Crippen molar-refractivity contribution in [2.24, 2.45) is 7.05 Å². The van der Waals surface area contributed by atoms with Crippen molar-refractivity contribution in [1.82, 2.24) is 19.4 Å². The van der Waals surface area contributed by atoms with Crippen molar-refractivity contribution in [3.63, 3.8) is 0 Å². The molecule has 5 heteroatoms. The Labute approximate surface area is 120 Å². The van der Waals surface area contributed by atoms with Crippen molar-refractivity contribution in [2.45, 2.75) is 44.3 Å². The van der Waals surface area contributed by atoms with Gasteiger partial charge in [-0.1, -0.05) is 0 Å². The van der Waals surface area contributed by atoms with Gasteiger partial charge in [0.1, 0.15) is 0 Å². The normalized spacial score (nSPS) is 29.3. The van der Waals surface area contributed by atoms with Gasteiger partial charge in [0.2, 0.25) is 0 Å². The van der Waals surface area contributed by atoms with Crippen molar-refractivity contribution in [1.29, 1.82) is 0 Å². The molecule has 0 aromatic carbocycles. The lowest BCUT2D eigenvalue weighted by molar-refractivity contribution is -0.0773. The summed E-state index contributed by atoms with van der Waals surface area (Å²) in [4.78, 5) is 9.82. The summed E-state index contributed by atoms with van der Waals surface area (Å²) in [7, 11) is 2.07. The first-order valence-electron chi connectivity index (χ1n) is 7.09. The Bertz CT molecular complexity index is 446. The minimum absolute atomic E-state index is 0.657. The molecule has 2 bridgehead atoms. The van der Waals surface area contributed by atoms with Crippen LogP contribution in [-0.2, 0) is 13.6 Å². The number of thioether (sulfide) groups is 1. The van der Waals surface area contributed by atoms with E-state index < -0.39 is 0 Å². The summed E-state index contributed by atoms with van der Waals surface area (Å²) in [5.41, 5.74) is 2.56. The molecule has 4 rings (SSSR count). The number of piperidine rings is 1. The van der Waals surface area contributed by atoms with Gasteiger partial charge in [-0.3, -0.25) is 9.80 Å². The van der Waals surface area contributed by atoms with Crippen molar-refractivity contribution in [3.8, 4) is 0 Å². The first kappa shape index (κ1) is 13.5. The van der Waals surface area contributed by atoms with Crippen LogP contribution in [0.2, 0.25) is 0 Å². The van der Waals surface area contributed by atoms with Gasteiger partial charge in [0.15, 0.2) is 0 Å². The molecule has 0 N–H and O–H groups in total. The highest BCUT2D eigenvalue weighted by atomic mass is 32.2. The van der Waals surface area contributed by atoms with Gasteiger partial charge in [-0.2, -0.15) is 0 Å². The van der Waals surface area contributed by atoms with E-state index in [4.69, 9.17) is 0 Å². The van der Waals surface area contributed by atoms with Gasteiger partial charge in [0.05, 0.1) is 17.4 Å². The van der Waals surface area contributed by atoms with Crippen LogP contribution in [0, 0.1) is 6.92 Å². The molecule has 0 saturated carbocycles. The summed E-state index contributed by atoms with van der Waals surface area (Å²) in [5.74, 6) is 0. The van der Waals surface area contributed by atoms with Crippen molar-refractivity contribution in [3.05, 3.63) is 17.7 Å². The Kier molecular flexibility index (Phi) is 3.62. The van der Waals surface area contributed by atoms with Gasteiger partial charge >= 0.3 is 0 Å². The molecular formula is C14H24N4S. The average Bonchev–Trinajstić information content (AvgIpc) is 2.75. The summed E-state index contributed by atoms with van der Waals surface area (Å²) in [6.07, 6.45) is 5.52. The zero-order chi connectivity index (χ0) is 13.6. The molecule has 1 aromatic rings. The van der Waals surface area contributed by atoms with Crippen LogP contribution < -0.4 is 0 Å². The quantitative estimate of drug-likeness (QED) is 0.838. The van der Waals surface area contributed by atoms with E-state index in [-0.39, 0.29) is 0 Å². The lowest BCUT2D eigenvalue weighted by atomic mass is 9.87. The molecule has 3 fully saturated rings. The Hall–Kier alpha value is -0.520. The van der Waals surface area contributed by atoms with E-state index in [0.29, 0.717) is 5.37 Å². The minimum Gasteiger partial charge on any atom is -0.338 e. The minimum atomic E-state index is 0.657. The maximum atomic E-state index is 4.54. The van der Waals surface area contributed by atoms with E-state index in [9.17, 15) is 0 Å². The molecule has 19 heavy (non-hydrogen) atoms. The summed E-state index contributed by atoms with van der Waals surface area (Å²) in [5, 5.41) is 0.657. The van der Waals surface area contributed by atoms with Crippen molar-refractivity contribution < 1.29 is 0 Å². The van der Waals surface area contributed by atoms with Gasteiger partial charge in [-0.15, -0.1) is 11.8 Å². The molecule has 0 aliphatic carbocycles. The van der Waals surface area contributed by atoms with E-state index in [1.54, 1.807) is 0 Å². The van der Waals surface area contributed by atoms with Crippen LogP contribution in [0.4, 0.5) is 0 Å². The van der Waals surface area contributed by atoms with Crippen molar-refractivity contribution in [2.75, 3.05) is 19.3 Å². The predicted molar refractivity (Wildman–Crippen MR) is 80.2 cm³/mol. The molecule has 0 amide bonds. The van der Waals surface area contributed by atoms with Gasteiger partial charge in [-0.25, -0.2) is 4.98 Å². The third-order valence-corrected chi connectivity index (χ3v) is 5.87. The molecule has 3 aliphatic heterocycles. The molecule has 4 nitrogen and oxygen atoms in total. The van der Waals surface area contributed by atoms with Crippen molar-refractivity contribution >= 4 is 11.8 Å². The van der Waals surface area contributed by atoms with Crippen LogP contribution in [0.3, 0.4) is 0 Å². The summed E-state index contributed by atoms with van der Waals surface area (Å²) < 4.78 is 2.12. The molecular weight excluding hydrogens is 256 g/mol. The maximum Gasteiger partial charge on any atom is 0.0949 e. The molecule has 106 valence electrons. The second kappa shape index (κ2) is 5.11. The van der Waals surface area contributed by atoms with Crippen LogP contribution in [0.15, 0.2) is 6.33 Å². The second-order valence-electron chi connectivity index (χ2n) is 5.89. The Morgan fingerprint density at radius 3 is 2.63 bits per heavy atom. The SMILES string of the molecule is CSC(C)N1CC2CC(C1)N2Cc1ncn(C)c1C. The van der Waals surface area contributed by atoms with Crippen LogP contribution in [0.1, 0.15) is 24.7 Å². The predicted octanol–water partition coefficient (Wildman–Crippen LogP) is 1.70. The van der Waals surface area contributed by atoms with Crippen LogP contribution in [0.25, 0.3) is 0 Å². The number of hydrogen-bond donors (Lipinski definition) is 0. The number of rotatable bonds is 4. The highest BCUT2D eigenvalue weighted by molar-refractivity contribution is 7.99. The molecule has 0 radical (unpaired) electrons. The third-order valence-electron chi connectivity index (χ3n) is 4.89. The van der Waals surface area contributed by atoms with Crippen LogP contribution in [-0.4, -0.2) is 56.2 Å². The number of aromatic nitrogens is 2. The van der Waals surface area contributed by atoms with Crippen LogP contribution in [0.5, 0.6) is 0 Å². The fourth-order valence-corrected chi connectivity index (χ4v) is 3.76. The monoisotopic (exact) mass is 280 g/mol. The zero-order valence-electron chi connectivity index (χ0n) is 12.3. The van der Waals surface area contributed by atoms with E-state index in [1.165, 1.54) is 30.9 Å². The molecule has 3 atom stereocenters. The first-order chi connectivity index (χ1) is 9.10. The molecule has 3 aliphatic rings. The zero-order valence-corrected chi connectivity index (χ0v) is 13.2. The molecule has 3 unspecified atom stereocenters. The fourth-order valence-electron chi connectivity index (χ4n) is 3.29. The van der Waals surface area contributed by atoms with Gasteiger partial charge in [0.25, 0.3) is 0 Å². The number of nitrogens with zero attached hydrogens (tertiary/aromatic N) is 4. The van der Waals surface area contributed by atoms with E-state index in [0.717, 1.165) is 18.6 Å². The molecule has 1 aromatic heterocycles. The Balaban J connectivity index is 1.63. The van der Waals surface area contributed by atoms with Crippen LogP contribution >= 0.6 is 11.8 Å². The van der Waals surface area contributed by atoms with E-state index in [1.807, 2.05) is 18.1 Å². The average molecular weight is 280 g/mol. The smallest absolute Gasteiger partial charge is 0.0949 e. The number of fused-ring (bicyclic) bond motifs is 2. The Morgan fingerprint density at radius 2 is 2.11 bits per heavy atom. The Morgan fingerprint density at radius 1 is 1.42 bits per heavy atom. The molecule has 4 heterocycles. The third kappa shape index (κ3) is 2.32. The van der Waals surface area contributed by atoms with E-state index in [2.05, 4.69) is 46.5 Å². The molecule has 3 saturated heterocycles. The summed E-state index contributed by atoms with van der Waals surface area (Å²) >= 11 is 1.96. The van der Waals surface area contributed by atoms with Gasteiger partial charge < -0.3 is 4.57 Å². The number of aryl methyl sites for hydroxylation is 1. The largest absolute Gasteiger partial charge is 0.338 e. The lowest BCUT2D eigenvalue weighted by Gasteiger charge is -2.57. The summed E-state index contributed by atoms with van der Waals surface area (Å²) in [6.45, 7) is 7.97. The number of hydrogen-bond acceptors (Lipinski definition) is 4. The first-order valence-corrected chi connectivity index (χ1v) is 8.38. The highest BCUT2D eigenvalue weighted by Crippen LogP contribution is 2.35. The number of piperazine rings is 1. The second-order valence-corrected chi connectivity index (χ2v) is 7.05. The molecule has 0 spiro atoms. The lowest BCUT2D eigenvalue weighted by Crippen LogP contribution is -2.68. The topological polar surface area (TPSA) is 24.3 Å². The van der Waals surface area contributed by atoms with E-state index >= 15 is 0 Å². The summed E-state index contributed by atoms with van der Waals surface area (Å²) in [6, 6.07) is 1.49. The standard InChI is InChI=1S/C14H24N4S/c1-10-14(15-9-16(10)3)8-18-12-5-13(18)7-17(6-12)11(2)19-4/h9,11-13H,5-8H2,1-4H3. The fraction of sp³-hybridized carbons (Fsp3) is 0.786. The highest BCUT2D eigenvalue weighted by Gasteiger charge is 2.45. The van der Waals surface area contributed by atoms with Gasteiger partial charge in [0, 0.05) is 44.5 Å².